The normalized spacial score (nSPS) is 10.4. The number of ether oxygens (including phenoxy) is 1. The van der Waals surface area contributed by atoms with Crippen LogP contribution in [0.15, 0.2) is 24.3 Å². The molecule has 20 heavy (non-hydrogen) atoms. The zero-order chi connectivity index (χ0) is 14.9. The van der Waals surface area contributed by atoms with Crippen LogP contribution in [0.1, 0.15) is 0 Å². The second-order valence-corrected chi connectivity index (χ2v) is 3.95. The van der Waals surface area contributed by atoms with Crippen molar-refractivity contribution in [2.45, 2.75) is 0 Å². The molecule has 3 nitrogen and oxygen atoms in total. The molecule has 0 aliphatic rings. The molecule has 0 aliphatic carbocycles. The van der Waals surface area contributed by atoms with Crippen LogP contribution in [0, 0.1) is 23.3 Å². The van der Waals surface area contributed by atoms with Gasteiger partial charge in [0.05, 0.1) is 24.2 Å². The lowest BCUT2D eigenvalue weighted by atomic mass is 10.2. The molecule has 0 aliphatic heterocycles. The third-order valence-corrected chi connectivity index (χ3v) is 2.60. The van der Waals surface area contributed by atoms with Gasteiger partial charge in [-0.2, -0.15) is 0 Å². The highest BCUT2D eigenvalue weighted by atomic mass is 19.2. The molecule has 0 amide bonds. The maximum atomic E-state index is 13.7. The van der Waals surface area contributed by atoms with Crippen LogP contribution in [0.2, 0.25) is 0 Å². The zero-order valence-corrected chi connectivity index (χ0v) is 10.3. The van der Waals surface area contributed by atoms with Crippen molar-refractivity contribution >= 4 is 17.1 Å². The van der Waals surface area contributed by atoms with Crippen molar-refractivity contribution in [3.05, 3.63) is 47.5 Å². The van der Waals surface area contributed by atoms with Crippen LogP contribution in [0.5, 0.6) is 5.75 Å². The highest BCUT2D eigenvalue weighted by Gasteiger charge is 2.13. The van der Waals surface area contributed by atoms with Gasteiger partial charge in [0.15, 0.2) is 11.6 Å². The summed E-state index contributed by atoms with van der Waals surface area (Å²) >= 11 is 0. The van der Waals surface area contributed by atoms with Gasteiger partial charge >= 0.3 is 0 Å². The first kappa shape index (κ1) is 14.0. The van der Waals surface area contributed by atoms with Gasteiger partial charge in [-0.25, -0.2) is 17.6 Å². The molecule has 0 aromatic heterocycles. The molecule has 0 saturated carbocycles. The van der Waals surface area contributed by atoms with Gasteiger partial charge in [0.2, 0.25) is 0 Å². The average Bonchev–Trinajstić information content (AvgIpc) is 2.38. The first-order valence-corrected chi connectivity index (χ1v) is 5.47. The van der Waals surface area contributed by atoms with Gasteiger partial charge in [-0.05, 0) is 0 Å². The molecular weight excluding hydrogens is 276 g/mol. The molecule has 2 aromatic carbocycles. The van der Waals surface area contributed by atoms with Gasteiger partial charge in [-0.1, -0.05) is 0 Å². The number of nitrogens with one attached hydrogen (secondary N) is 1. The predicted molar refractivity (Wildman–Crippen MR) is 67.0 cm³/mol. The molecule has 0 atom stereocenters. The molecule has 106 valence electrons. The van der Waals surface area contributed by atoms with Crippen molar-refractivity contribution in [2.75, 3.05) is 18.2 Å². The first-order valence-electron chi connectivity index (χ1n) is 5.47. The molecule has 0 radical (unpaired) electrons. The Labute approximate surface area is 112 Å². The lowest BCUT2D eigenvalue weighted by molar-refractivity contribution is 0.416. The number of rotatable bonds is 3. The molecule has 0 heterocycles. The number of nitrogen functional groups attached to an aromatic ring is 1. The number of halogens is 4. The minimum absolute atomic E-state index is 0.0568. The largest absolute Gasteiger partial charge is 0.495 e. The van der Waals surface area contributed by atoms with Crippen LogP contribution in [0.25, 0.3) is 0 Å². The van der Waals surface area contributed by atoms with Crippen molar-refractivity contribution in [1.29, 1.82) is 0 Å². The topological polar surface area (TPSA) is 47.3 Å². The van der Waals surface area contributed by atoms with E-state index in [1.54, 1.807) is 0 Å². The second-order valence-electron chi connectivity index (χ2n) is 3.95. The molecule has 7 heteroatoms. The van der Waals surface area contributed by atoms with Crippen LogP contribution in [0.3, 0.4) is 0 Å². The lowest BCUT2D eigenvalue weighted by Crippen LogP contribution is -2.01. The Bertz CT molecular complexity index is 661. The van der Waals surface area contributed by atoms with Gasteiger partial charge in [0.1, 0.15) is 17.4 Å². The molecule has 2 rings (SSSR count). The van der Waals surface area contributed by atoms with E-state index in [-0.39, 0.29) is 17.1 Å². The van der Waals surface area contributed by atoms with Gasteiger partial charge < -0.3 is 15.8 Å². The van der Waals surface area contributed by atoms with Crippen molar-refractivity contribution in [2.24, 2.45) is 0 Å². The highest BCUT2D eigenvalue weighted by molar-refractivity contribution is 5.67. The van der Waals surface area contributed by atoms with Crippen molar-refractivity contribution in [1.82, 2.24) is 0 Å². The molecule has 2 aromatic rings. The van der Waals surface area contributed by atoms with E-state index < -0.39 is 29.0 Å². The summed E-state index contributed by atoms with van der Waals surface area (Å²) < 4.78 is 57.9. The lowest BCUT2D eigenvalue weighted by Gasteiger charge is -2.12. The van der Waals surface area contributed by atoms with Crippen molar-refractivity contribution < 1.29 is 22.3 Å². The molecule has 0 fully saturated rings. The summed E-state index contributed by atoms with van der Waals surface area (Å²) in [5.74, 6) is -4.26. The van der Waals surface area contributed by atoms with Gasteiger partial charge in [0, 0.05) is 24.3 Å². The smallest absolute Gasteiger partial charge is 0.161 e. The summed E-state index contributed by atoms with van der Waals surface area (Å²) in [5.41, 5.74) is 4.96. The fourth-order valence-corrected chi connectivity index (χ4v) is 1.60. The number of methoxy groups -OCH3 is 1. The molecule has 0 saturated heterocycles. The van der Waals surface area contributed by atoms with E-state index in [1.165, 1.54) is 13.2 Å². The minimum atomic E-state index is -1.33. The molecule has 0 bridgehead atoms. The standard InChI is InChI=1S/C13H10F4N2O/c1-20-13-5-12(9(17)3-10(13)18)19-11-4-7(15)6(14)2-8(11)16/h2-5,19H,18H2,1H3. The van der Waals surface area contributed by atoms with Crippen LogP contribution >= 0.6 is 0 Å². The van der Waals surface area contributed by atoms with Gasteiger partial charge in [0.25, 0.3) is 0 Å². The third-order valence-electron chi connectivity index (χ3n) is 2.60. The van der Waals surface area contributed by atoms with E-state index in [2.05, 4.69) is 5.32 Å². The van der Waals surface area contributed by atoms with Crippen LogP contribution in [-0.2, 0) is 0 Å². The number of hydrogen-bond donors (Lipinski definition) is 2. The Morgan fingerprint density at radius 1 is 0.850 bits per heavy atom. The van der Waals surface area contributed by atoms with Crippen LogP contribution < -0.4 is 15.8 Å². The van der Waals surface area contributed by atoms with E-state index in [4.69, 9.17) is 10.5 Å². The van der Waals surface area contributed by atoms with E-state index in [0.29, 0.717) is 12.1 Å². The molecule has 0 unspecified atom stereocenters. The molecule has 3 N–H and O–H groups in total. The fraction of sp³-hybridized carbons (Fsp3) is 0.0769. The Morgan fingerprint density at radius 2 is 1.40 bits per heavy atom. The quantitative estimate of drug-likeness (QED) is 0.515. The highest BCUT2D eigenvalue weighted by Crippen LogP contribution is 2.31. The van der Waals surface area contributed by atoms with E-state index in [0.717, 1.165) is 6.07 Å². The minimum Gasteiger partial charge on any atom is -0.495 e. The summed E-state index contributed by atoms with van der Waals surface area (Å²) in [4.78, 5) is 0. The van der Waals surface area contributed by atoms with Crippen LogP contribution in [0.4, 0.5) is 34.6 Å². The molecule has 0 spiro atoms. The summed E-state index contributed by atoms with van der Waals surface area (Å²) in [6, 6.07) is 3.11. The predicted octanol–water partition coefficient (Wildman–Crippen LogP) is 3.58. The summed E-state index contributed by atoms with van der Waals surface area (Å²) in [7, 11) is 1.32. The Morgan fingerprint density at radius 3 is 2.05 bits per heavy atom. The van der Waals surface area contributed by atoms with Crippen molar-refractivity contribution in [3.8, 4) is 5.75 Å². The SMILES string of the molecule is COc1cc(Nc2cc(F)c(F)cc2F)c(F)cc1N. The number of benzene rings is 2. The maximum Gasteiger partial charge on any atom is 0.161 e. The number of anilines is 3. The summed E-state index contributed by atoms with van der Waals surface area (Å²) in [5, 5.41) is 2.32. The Kier molecular flexibility index (Phi) is 3.69. The van der Waals surface area contributed by atoms with Crippen LogP contribution in [-0.4, -0.2) is 7.11 Å². The number of nitrogens with two attached hydrogens (primary N) is 1. The van der Waals surface area contributed by atoms with Crippen molar-refractivity contribution in [3.63, 3.8) is 0 Å². The van der Waals surface area contributed by atoms with Gasteiger partial charge in [-0.15, -0.1) is 0 Å². The number of hydrogen-bond acceptors (Lipinski definition) is 3. The second kappa shape index (κ2) is 5.28. The summed E-state index contributed by atoms with van der Waals surface area (Å²) in [6.45, 7) is 0. The Balaban J connectivity index is 2.42. The third kappa shape index (κ3) is 2.61. The fourth-order valence-electron chi connectivity index (χ4n) is 1.60. The van der Waals surface area contributed by atoms with Gasteiger partial charge in [-0.3, -0.25) is 0 Å². The zero-order valence-electron chi connectivity index (χ0n) is 10.3. The van der Waals surface area contributed by atoms with E-state index in [9.17, 15) is 17.6 Å². The average molecular weight is 286 g/mol. The van der Waals surface area contributed by atoms with E-state index >= 15 is 0 Å². The monoisotopic (exact) mass is 286 g/mol. The Hall–Kier alpha value is -2.44. The maximum absolute atomic E-state index is 13.7. The summed E-state index contributed by atoms with van der Waals surface area (Å²) in [6.07, 6.45) is 0. The first-order chi connectivity index (χ1) is 9.42. The van der Waals surface area contributed by atoms with E-state index in [1.807, 2.05) is 0 Å². The molecular formula is C13H10F4N2O.